The van der Waals surface area contributed by atoms with Crippen molar-refractivity contribution in [1.82, 2.24) is 40.5 Å². The Labute approximate surface area is 514 Å². The van der Waals surface area contributed by atoms with Gasteiger partial charge in [-0.15, -0.1) is 0 Å². The number of hydrogen-bond donors (Lipinski definition) is 4. The molecular formula is C66H84N10O8S2. The fourth-order valence-electron chi connectivity index (χ4n) is 12.7. The van der Waals surface area contributed by atoms with Crippen LogP contribution in [0.1, 0.15) is 134 Å². The second kappa shape index (κ2) is 27.4. The van der Waals surface area contributed by atoms with Gasteiger partial charge >= 0.3 is 0 Å². The number of hydrogen-bond acceptors (Lipinski definition) is 14. The third-order valence-corrected chi connectivity index (χ3v) is 20.1. The van der Waals surface area contributed by atoms with E-state index in [0.717, 1.165) is 120 Å². The second-order valence-electron chi connectivity index (χ2n) is 24.7. The minimum Gasteiger partial charge on any atom is -0.496 e. The summed E-state index contributed by atoms with van der Waals surface area (Å²) in [4.78, 5) is 97.5. The Morgan fingerprint density at radius 3 is 2.27 bits per heavy atom. The molecule has 2 saturated heterocycles. The number of anilines is 2. The molecule has 10 rings (SSSR count). The lowest BCUT2D eigenvalue weighted by molar-refractivity contribution is -0.147. The van der Waals surface area contributed by atoms with Crippen molar-refractivity contribution in [3.05, 3.63) is 124 Å². The van der Waals surface area contributed by atoms with Crippen LogP contribution in [-0.4, -0.2) is 157 Å². The van der Waals surface area contributed by atoms with E-state index in [4.69, 9.17) is 9.47 Å². The molecule has 3 fully saturated rings. The van der Waals surface area contributed by atoms with E-state index in [0.29, 0.717) is 60.6 Å². The van der Waals surface area contributed by atoms with Gasteiger partial charge in [0.05, 0.1) is 41.3 Å². The highest BCUT2D eigenvalue weighted by molar-refractivity contribution is 8.01. The average Bonchev–Trinajstić information content (AvgIpc) is 1.27. The van der Waals surface area contributed by atoms with Gasteiger partial charge in [-0.2, -0.15) is 0 Å². The Hall–Kier alpha value is -7.00. The number of nitrogens with zero attached hydrogens (tertiary/aromatic N) is 6. The smallest absolute Gasteiger partial charge is 0.257 e. The largest absolute Gasteiger partial charge is 0.496 e. The van der Waals surface area contributed by atoms with Crippen LogP contribution in [0, 0.1) is 12.3 Å². The maximum absolute atomic E-state index is 14.9. The van der Waals surface area contributed by atoms with Crippen LogP contribution >= 0.6 is 23.1 Å². The number of carbonyl (C=O) groups is 6. The molecule has 0 radical (unpaired) electrons. The van der Waals surface area contributed by atoms with E-state index in [9.17, 15) is 28.8 Å². The van der Waals surface area contributed by atoms with Crippen molar-refractivity contribution in [3.8, 4) is 11.5 Å². The number of carbonyl (C=O) groups excluding carboxylic acids is 6. The van der Waals surface area contributed by atoms with Crippen molar-refractivity contribution in [2.24, 2.45) is 5.41 Å². The molecule has 1 saturated carbocycles. The molecule has 0 bridgehead atoms. The highest BCUT2D eigenvalue weighted by Gasteiger charge is 2.43. The zero-order valence-corrected chi connectivity index (χ0v) is 52.7. The van der Waals surface area contributed by atoms with E-state index in [-0.39, 0.29) is 54.1 Å². The monoisotopic (exact) mass is 1210 g/mol. The van der Waals surface area contributed by atoms with E-state index >= 15 is 0 Å². The summed E-state index contributed by atoms with van der Waals surface area (Å²) in [5, 5.41) is 12.8. The number of rotatable bonds is 16. The molecule has 5 aromatic rings. The predicted molar refractivity (Wildman–Crippen MR) is 336 cm³/mol. The Bertz CT molecular complexity index is 3280. The predicted octanol–water partition coefficient (Wildman–Crippen LogP) is 8.66. The van der Waals surface area contributed by atoms with Crippen LogP contribution in [0.25, 0.3) is 0 Å². The van der Waals surface area contributed by atoms with E-state index in [1.165, 1.54) is 28.7 Å². The van der Waals surface area contributed by atoms with Gasteiger partial charge in [-0.1, -0.05) is 74.2 Å². The zero-order chi connectivity index (χ0) is 60.8. The molecular weight excluding hydrogens is 1120 g/mol. The van der Waals surface area contributed by atoms with E-state index in [1.807, 2.05) is 82.3 Å². The third-order valence-electron chi connectivity index (χ3n) is 18.0. The first kappa shape index (κ1) is 62.1. The van der Waals surface area contributed by atoms with Gasteiger partial charge in [0.15, 0.2) is 5.13 Å². The number of fused-ring (bicyclic) bond motifs is 2. The highest BCUT2D eigenvalue weighted by atomic mass is 32.2. The van der Waals surface area contributed by atoms with Crippen molar-refractivity contribution in [3.63, 3.8) is 0 Å². The molecule has 4 heterocycles. The molecule has 3 aliphatic heterocycles. The quantitative estimate of drug-likeness (QED) is 0.0686. The summed E-state index contributed by atoms with van der Waals surface area (Å²) in [6, 6.07) is 24.1. The normalized spacial score (nSPS) is 20.8. The van der Waals surface area contributed by atoms with Gasteiger partial charge in [-0.05, 0) is 154 Å². The molecule has 5 aliphatic rings. The number of piperazine rings is 2. The number of amides is 6. The maximum Gasteiger partial charge on any atom is 0.257 e. The van der Waals surface area contributed by atoms with E-state index < -0.39 is 23.5 Å². The van der Waals surface area contributed by atoms with Gasteiger partial charge in [0.1, 0.15) is 23.6 Å². The zero-order valence-electron chi connectivity index (χ0n) is 51.0. The van der Waals surface area contributed by atoms with Crippen LogP contribution in [0.15, 0.2) is 94.2 Å². The summed E-state index contributed by atoms with van der Waals surface area (Å²) in [5.74, 6) is 0.147. The maximum atomic E-state index is 14.9. The number of aryl methyl sites for hydroxylation is 2. The topological polar surface area (TPSA) is 198 Å². The fourth-order valence-corrected chi connectivity index (χ4v) is 14.7. The van der Waals surface area contributed by atoms with Crippen LogP contribution in [0.3, 0.4) is 0 Å². The summed E-state index contributed by atoms with van der Waals surface area (Å²) in [5.41, 5.74) is 6.73. The summed E-state index contributed by atoms with van der Waals surface area (Å²) >= 11 is 2.85. The van der Waals surface area contributed by atoms with Crippen LogP contribution in [-0.2, 0) is 38.6 Å². The Kier molecular flexibility index (Phi) is 19.7. The molecule has 458 valence electrons. The highest BCUT2D eigenvalue weighted by Crippen LogP contribution is 2.40. The summed E-state index contributed by atoms with van der Waals surface area (Å²) in [6.07, 6.45) is 9.96. The number of likely N-dealkylation sites (N-methyl/N-ethyl adjacent to an activating group) is 1. The first-order valence-electron chi connectivity index (χ1n) is 30.6. The first-order valence-corrected chi connectivity index (χ1v) is 32.2. The summed E-state index contributed by atoms with van der Waals surface area (Å²) in [6.45, 7) is 16.9. The first-order chi connectivity index (χ1) is 41.3. The molecule has 4 aromatic carbocycles. The van der Waals surface area contributed by atoms with Gasteiger partial charge in [0, 0.05) is 94.4 Å². The van der Waals surface area contributed by atoms with Crippen LogP contribution in [0.5, 0.6) is 11.5 Å². The number of aromatic nitrogens is 1. The lowest BCUT2D eigenvalue weighted by atomic mass is 9.83. The molecule has 18 nitrogen and oxygen atoms in total. The van der Waals surface area contributed by atoms with Gasteiger partial charge in [-0.25, -0.2) is 4.98 Å². The number of methoxy groups -OCH3 is 1. The molecule has 86 heavy (non-hydrogen) atoms. The standard InChI is InChI=1S/C66H84N10O8S2/c1-41-35-56(83-8)53(63(81)75-33-27-72(28-34-75)43(3)77)38-57(41)85-58-39-68-65(86-58)71-61(79)45-19-22-49(23-20-45)74-31-29-73(30-32-74)48-15-12-16-50(26-24-48)84-51-25-21-46-37-55(62(80)69-54-18-11-14-44-13-9-10-17-52(44)54)76(40-47(46)36-51)64(82)59(66(4,5)6)70-60(78)42(2)67-7/h9-10,13,17,19-23,25,35-36,38-39,42,48,50,54-55,59,67H,11-12,14-16,18,24,26-34,37,40H2,1-8H3,(H,69,80)(H,70,78)(H,68,71,79)/t42-,48?,50?,54+,55-,59+/m0/s1. The average molecular weight is 1210 g/mol. The minimum absolute atomic E-state index is 0.00639. The van der Waals surface area contributed by atoms with Crippen LogP contribution < -0.4 is 35.6 Å². The number of nitrogens with one attached hydrogen (secondary N) is 4. The van der Waals surface area contributed by atoms with Gasteiger partial charge in [0.25, 0.3) is 11.8 Å². The van der Waals surface area contributed by atoms with Crippen molar-refractivity contribution in [2.45, 2.75) is 151 Å². The van der Waals surface area contributed by atoms with Crippen LogP contribution in [0.4, 0.5) is 10.8 Å². The Morgan fingerprint density at radius 2 is 1.55 bits per heavy atom. The molecule has 6 atom stereocenters. The van der Waals surface area contributed by atoms with Gasteiger partial charge < -0.3 is 45.0 Å². The van der Waals surface area contributed by atoms with Gasteiger partial charge in [-0.3, -0.25) is 39.0 Å². The lowest BCUT2D eigenvalue weighted by Gasteiger charge is -2.42. The van der Waals surface area contributed by atoms with Gasteiger partial charge in [0.2, 0.25) is 23.6 Å². The number of ether oxygens (including phenoxy) is 2. The summed E-state index contributed by atoms with van der Waals surface area (Å²) < 4.78 is 13.3. The third kappa shape index (κ3) is 14.5. The van der Waals surface area contributed by atoms with Crippen molar-refractivity contribution in [2.75, 3.05) is 76.7 Å². The molecule has 20 heteroatoms. The molecule has 2 aliphatic carbocycles. The number of thiazole rings is 1. The Balaban J connectivity index is 0.715. The van der Waals surface area contributed by atoms with E-state index in [1.54, 1.807) is 48.9 Å². The number of benzene rings is 4. The molecule has 0 spiro atoms. The molecule has 6 amide bonds. The fraction of sp³-hybridized carbons (Fsp3) is 0.500. The van der Waals surface area contributed by atoms with E-state index in [2.05, 4.69) is 60.3 Å². The van der Waals surface area contributed by atoms with Crippen molar-refractivity contribution in [1.29, 1.82) is 0 Å². The SMILES string of the molecule is CN[C@@H](C)C(=O)N[C@H](C(=O)N1Cc2cc(OC3CCCC(N4CCN(c5ccc(C(=O)Nc6ncc(Sc7cc(C(=O)N8CCN(C(C)=O)CC8)c(OC)cc7C)s6)cc5)CC4)CC3)ccc2C[C@H]1C(=O)N[C@@H]1CCCc2ccccc21)C(C)(C)C. The Morgan fingerprint density at radius 1 is 0.802 bits per heavy atom. The second-order valence-corrected chi connectivity index (χ2v) is 27.1. The molecule has 2 unspecified atom stereocenters. The van der Waals surface area contributed by atoms with Crippen molar-refractivity contribution >= 4 is 69.4 Å². The molecule has 4 N–H and O–H groups in total. The van der Waals surface area contributed by atoms with Crippen LogP contribution in [0.2, 0.25) is 0 Å². The minimum atomic E-state index is -0.867. The lowest BCUT2D eigenvalue weighted by Crippen LogP contribution is -2.62. The summed E-state index contributed by atoms with van der Waals surface area (Å²) in [7, 11) is 3.27. The van der Waals surface area contributed by atoms with Crippen molar-refractivity contribution < 1.29 is 38.2 Å². The molecule has 1 aromatic heterocycles.